The minimum absolute atomic E-state index is 0. The Bertz CT molecular complexity index is 446. The van der Waals surface area contributed by atoms with Gasteiger partial charge in [-0.05, 0) is 0 Å². The fraction of sp³-hybridized carbons (Fsp3) is 0.545. The molecule has 2 aromatic carbocycles. The summed E-state index contributed by atoms with van der Waals surface area (Å²) in [6, 6.07) is 0. The molecule has 0 fully saturated rings. The molecule has 2 aromatic rings. The third-order valence-corrected chi connectivity index (χ3v) is 5.62. The molecule has 0 bridgehead atoms. The molecule has 0 aromatic heterocycles. The third-order valence-electron chi connectivity index (χ3n) is 5.62. The molecule has 0 heterocycles. The van der Waals surface area contributed by atoms with Crippen molar-refractivity contribution < 1.29 is 63.8 Å². The van der Waals surface area contributed by atoms with Crippen molar-refractivity contribution in [3.63, 3.8) is 0 Å². The van der Waals surface area contributed by atoms with Crippen molar-refractivity contribution in [3.8, 4) is 0 Å². The fourth-order valence-electron chi connectivity index (χ4n) is 2.81. The minimum atomic E-state index is 0. The first-order valence-electron chi connectivity index (χ1n) is 8.39. The standard InChI is InChI=1S/2C10H15.C2H6P.2ClH.2Ru.H2S/c2*1-6-7(2)9(4)10(5)8(6)3;1-3-2;;;;;/h2*1-5H3;1-2H3;2*1H;;;1H2/q3*-1;;;+2;+3;/p-2. The summed E-state index contributed by atoms with van der Waals surface area (Å²) in [5.41, 5.74) is 14.7. The van der Waals surface area contributed by atoms with Crippen molar-refractivity contribution in [1.29, 1.82) is 0 Å². The van der Waals surface area contributed by atoms with Crippen LogP contribution >= 0.6 is 22.1 Å². The molecule has 0 nitrogen and oxygen atoms in total. The van der Waals surface area contributed by atoms with E-state index >= 15 is 0 Å². The zero-order valence-electron chi connectivity index (χ0n) is 19.4. The first-order chi connectivity index (χ1) is 10.5. The Morgan fingerprint density at radius 2 is 0.643 bits per heavy atom. The zero-order chi connectivity index (χ0) is 18.5. The van der Waals surface area contributed by atoms with E-state index in [0.29, 0.717) is 0 Å². The molecule has 28 heavy (non-hydrogen) atoms. The van der Waals surface area contributed by atoms with E-state index in [1.807, 2.05) is 0 Å². The van der Waals surface area contributed by atoms with Crippen molar-refractivity contribution >= 4 is 22.1 Å². The normalized spacial score (nSPS) is 8.14. The van der Waals surface area contributed by atoms with E-state index in [9.17, 15) is 0 Å². The zero-order valence-corrected chi connectivity index (χ0v) is 26.3. The quantitative estimate of drug-likeness (QED) is 0.232. The summed E-state index contributed by atoms with van der Waals surface area (Å²) in [5, 5.41) is 0. The number of rotatable bonds is 0. The van der Waals surface area contributed by atoms with Gasteiger partial charge in [0.2, 0.25) is 0 Å². The van der Waals surface area contributed by atoms with Crippen LogP contribution < -0.4 is 24.8 Å². The van der Waals surface area contributed by atoms with E-state index in [4.69, 9.17) is 0 Å². The second-order valence-electron chi connectivity index (χ2n) is 6.70. The summed E-state index contributed by atoms with van der Waals surface area (Å²) >= 11 is 0. The van der Waals surface area contributed by atoms with Gasteiger partial charge < -0.3 is 33.4 Å². The fourth-order valence-corrected chi connectivity index (χ4v) is 2.81. The molecule has 0 amide bonds. The van der Waals surface area contributed by atoms with Crippen molar-refractivity contribution in [2.45, 2.75) is 69.2 Å². The van der Waals surface area contributed by atoms with Crippen molar-refractivity contribution in [1.82, 2.24) is 0 Å². The summed E-state index contributed by atoms with van der Waals surface area (Å²) < 4.78 is 0. The molecule has 0 unspecified atom stereocenters. The van der Waals surface area contributed by atoms with Gasteiger partial charge in [-0.25, -0.2) is 0 Å². The Labute approximate surface area is 222 Å². The molecule has 167 valence electrons. The summed E-state index contributed by atoms with van der Waals surface area (Å²) in [6.07, 6.45) is 0. The van der Waals surface area contributed by atoms with Gasteiger partial charge in [-0.15, -0.1) is 0 Å². The van der Waals surface area contributed by atoms with Gasteiger partial charge in [-0.1, -0.05) is 69.2 Å². The molecule has 0 aliphatic heterocycles. The van der Waals surface area contributed by atoms with E-state index in [1.165, 1.54) is 64.2 Å². The maximum Gasteiger partial charge on any atom is 3.00 e. The second kappa shape index (κ2) is 20.2. The van der Waals surface area contributed by atoms with Crippen LogP contribution in [0.5, 0.6) is 0 Å². The Morgan fingerprint density at radius 3 is 0.679 bits per heavy atom. The molecule has 2 rings (SSSR count). The summed E-state index contributed by atoms with van der Waals surface area (Å²) in [6.45, 7) is 26.2. The van der Waals surface area contributed by atoms with Crippen LogP contribution in [0.15, 0.2) is 0 Å². The van der Waals surface area contributed by atoms with E-state index in [2.05, 4.69) is 82.6 Å². The molecular weight excluding hydrogens is 600 g/mol. The van der Waals surface area contributed by atoms with Gasteiger partial charge in [-0.3, -0.25) is 0 Å². The van der Waals surface area contributed by atoms with Crippen LogP contribution in [0.2, 0.25) is 0 Å². The maximum atomic E-state index is 2.20. The Balaban J connectivity index is -0.0000000655. The van der Waals surface area contributed by atoms with Crippen molar-refractivity contribution in [3.05, 3.63) is 55.6 Å². The van der Waals surface area contributed by atoms with E-state index in [0.717, 1.165) is 0 Å². The SMILES string of the molecule is C[P-]C.Cc1c(C)c(C)[c-](C)c1C.Cc1c(C)c(C)[c-](C)c1C.S.[Cl-].[Cl-].[Ru+2].[Ru+3]. The molecular formula is C22H38Cl2PRu2S. The van der Waals surface area contributed by atoms with Crippen LogP contribution in [0, 0.1) is 69.2 Å². The molecule has 0 spiro atoms. The van der Waals surface area contributed by atoms with Gasteiger partial charge in [0.1, 0.15) is 0 Å². The van der Waals surface area contributed by atoms with Gasteiger partial charge in [0.25, 0.3) is 0 Å². The molecule has 0 aliphatic rings. The van der Waals surface area contributed by atoms with Gasteiger partial charge >= 0.3 is 39.0 Å². The van der Waals surface area contributed by atoms with Gasteiger partial charge in [0.05, 0.1) is 0 Å². The van der Waals surface area contributed by atoms with E-state index in [1.54, 1.807) is 0 Å². The number of hydrogen-bond donors (Lipinski definition) is 0. The topological polar surface area (TPSA) is 0 Å². The summed E-state index contributed by atoms with van der Waals surface area (Å²) in [5.74, 6) is 0. The van der Waals surface area contributed by atoms with Crippen molar-refractivity contribution in [2.24, 2.45) is 0 Å². The van der Waals surface area contributed by atoms with E-state index < -0.39 is 0 Å². The van der Waals surface area contributed by atoms with Crippen molar-refractivity contribution in [2.75, 3.05) is 13.3 Å². The van der Waals surface area contributed by atoms with Gasteiger partial charge in [0, 0.05) is 0 Å². The van der Waals surface area contributed by atoms with E-state index in [-0.39, 0.29) is 77.3 Å². The third kappa shape index (κ3) is 11.1. The Morgan fingerprint density at radius 1 is 0.536 bits per heavy atom. The first-order valence-corrected chi connectivity index (χ1v) is 10.2. The van der Waals surface area contributed by atoms with Gasteiger partial charge in [-0.2, -0.15) is 82.5 Å². The Kier molecular flexibility index (Phi) is 31.2. The van der Waals surface area contributed by atoms with Crippen LogP contribution in [-0.4, -0.2) is 13.3 Å². The van der Waals surface area contributed by atoms with Crippen LogP contribution in [0.4, 0.5) is 0 Å². The molecule has 0 N–H and O–H groups in total. The van der Waals surface area contributed by atoms with Crippen LogP contribution in [0.1, 0.15) is 55.6 Å². The summed E-state index contributed by atoms with van der Waals surface area (Å²) in [4.78, 5) is 0. The first kappa shape index (κ1) is 43.2. The monoisotopic (exact) mass is 639 g/mol. The largest absolute Gasteiger partial charge is 3.00 e. The molecule has 0 saturated heterocycles. The van der Waals surface area contributed by atoms with Crippen LogP contribution in [0.25, 0.3) is 0 Å². The predicted octanol–water partition coefficient (Wildman–Crippen LogP) is 1.20. The molecule has 0 aliphatic carbocycles. The minimum Gasteiger partial charge on any atom is -1.00 e. The predicted molar refractivity (Wildman–Crippen MR) is 121 cm³/mol. The Hall–Kier alpha value is 1.31. The second-order valence-corrected chi connectivity index (χ2v) is 7.59. The summed E-state index contributed by atoms with van der Waals surface area (Å²) in [7, 11) is 1.42. The molecule has 0 saturated carbocycles. The van der Waals surface area contributed by atoms with Gasteiger partial charge in [0.15, 0.2) is 0 Å². The smallest absolute Gasteiger partial charge is 1.00 e. The number of hydrogen-bond acceptors (Lipinski definition) is 0. The molecule has 0 atom stereocenters. The van der Waals surface area contributed by atoms with Crippen LogP contribution in [-0.2, 0) is 39.0 Å². The maximum absolute atomic E-state index is 2.20. The number of halogens is 2. The van der Waals surface area contributed by atoms with Crippen LogP contribution in [0.3, 0.4) is 0 Å². The molecule has 1 radical (unpaired) electrons. The average Bonchev–Trinajstić information content (AvgIpc) is 2.80. The molecule has 6 heteroatoms. The average molecular weight is 639 g/mol.